The largest absolute Gasteiger partial charge is 0.482 e. The third-order valence-electron chi connectivity index (χ3n) is 4.12. The van der Waals surface area contributed by atoms with Crippen molar-refractivity contribution in [3.05, 3.63) is 52.8 Å². The Morgan fingerprint density at radius 3 is 2.44 bits per heavy atom. The van der Waals surface area contributed by atoms with Crippen LogP contribution < -0.4 is 10.1 Å². The van der Waals surface area contributed by atoms with Crippen LogP contribution in [0.5, 0.6) is 5.75 Å². The summed E-state index contributed by atoms with van der Waals surface area (Å²) in [5.41, 5.74) is 3.83. The number of ether oxygens (including phenoxy) is 1. The van der Waals surface area contributed by atoms with Crippen molar-refractivity contribution in [1.29, 1.82) is 0 Å². The van der Waals surface area contributed by atoms with Crippen LogP contribution in [0.15, 0.2) is 30.3 Å². The number of nitrogens with zero attached hydrogens (tertiary/aromatic N) is 1. The Morgan fingerprint density at radius 2 is 1.88 bits per heavy atom. The first-order valence-corrected chi connectivity index (χ1v) is 8.30. The Bertz CT molecular complexity index is 748. The number of aliphatic carboxylic acids is 1. The fraction of sp³-hybridized carbons (Fsp3) is 0.368. The van der Waals surface area contributed by atoms with Crippen LogP contribution >= 0.6 is 0 Å². The van der Waals surface area contributed by atoms with Gasteiger partial charge in [0.15, 0.2) is 6.61 Å². The Labute approximate surface area is 147 Å². The molecule has 6 heteroatoms. The molecule has 2 N–H and O–H groups in total. The lowest BCUT2D eigenvalue weighted by Gasteiger charge is -2.08. The fourth-order valence-electron chi connectivity index (χ4n) is 2.83. The summed E-state index contributed by atoms with van der Waals surface area (Å²) in [6, 6.07) is 9.12. The first-order valence-electron chi connectivity index (χ1n) is 8.30. The lowest BCUT2D eigenvalue weighted by atomic mass is 10.1. The molecule has 0 aliphatic carbocycles. The molecule has 0 aliphatic rings. The number of carboxylic acid groups (broad SMARTS) is 1. The summed E-state index contributed by atoms with van der Waals surface area (Å²) in [4.78, 5) is 22.8. The molecule has 0 unspecified atom stereocenters. The van der Waals surface area contributed by atoms with E-state index in [2.05, 4.69) is 16.8 Å². The number of rotatable bonds is 8. The summed E-state index contributed by atoms with van der Waals surface area (Å²) < 4.78 is 7.20. The number of carboxylic acids is 1. The predicted molar refractivity (Wildman–Crippen MR) is 95.2 cm³/mol. The normalized spacial score (nSPS) is 10.5. The molecule has 0 aliphatic heterocycles. The second-order valence-corrected chi connectivity index (χ2v) is 5.86. The van der Waals surface area contributed by atoms with Crippen LogP contribution in [0.2, 0.25) is 0 Å². The molecule has 0 fully saturated rings. The van der Waals surface area contributed by atoms with Crippen molar-refractivity contribution >= 4 is 11.9 Å². The monoisotopic (exact) mass is 344 g/mol. The van der Waals surface area contributed by atoms with Gasteiger partial charge in [0, 0.05) is 24.5 Å². The summed E-state index contributed by atoms with van der Waals surface area (Å²) in [6.07, 6.45) is 0.692. The van der Waals surface area contributed by atoms with Crippen molar-refractivity contribution < 1.29 is 19.4 Å². The third kappa shape index (κ3) is 4.86. The Balaban J connectivity index is 1.86. The number of nitrogens with one attached hydrogen (secondary N) is 1. The minimum absolute atomic E-state index is 0.0609. The van der Waals surface area contributed by atoms with Crippen molar-refractivity contribution in [1.82, 2.24) is 9.88 Å². The van der Waals surface area contributed by atoms with Crippen molar-refractivity contribution in [3.8, 4) is 5.75 Å². The second kappa shape index (κ2) is 8.37. The van der Waals surface area contributed by atoms with E-state index in [4.69, 9.17) is 9.84 Å². The van der Waals surface area contributed by atoms with Crippen LogP contribution in [0.4, 0.5) is 0 Å². The van der Waals surface area contributed by atoms with Gasteiger partial charge in [-0.2, -0.15) is 0 Å². The standard InChI is InChI=1S/C19H24N2O4/c1-4-21-13(2)11-17(14(21)3)19(24)20-10-9-15-5-7-16(8-6-15)25-12-18(22)23/h5-8,11H,4,9-10,12H2,1-3H3,(H,20,24)(H,22,23). The molecule has 0 spiro atoms. The summed E-state index contributed by atoms with van der Waals surface area (Å²) in [6.45, 7) is 7.05. The maximum Gasteiger partial charge on any atom is 0.341 e. The van der Waals surface area contributed by atoms with Gasteiger partial charge in [0.25, 0.3) is 5.91 Å². The van der Waals surface area contributed by atoms with Gasteiger partial charge in [-0.25, -0.2) is 4.79 Å². The molecule has 25 heavy (non-hydrogen) atoms. The minimum atomic E-state index is -1.01. The van der Waals surface area contributed by atoms with Crippen LogP contribution in [0.3, 0.4) is 0 Å². The van der Waals surface area contributed by atoms with E-state index in [1.54, 1.807) is 12.1 Å². The molecule has 0 atom stereocenters. The molecule has 6 nitrogen and oxygen atoms in total. The molecule has 1 heterocycles. The van der Waals surface area contributed by atoms with Crippen LogP contribution in [0.25, 0.3) is 0 Å². The zero-order chi connectivity index (χ0) is 18.4. The highest BCUT2D eigenvalue weighted by Gasteiger charge is 2.14. The highest BCUT2D eigenvalue weighted by molar-refractivity contribution is 5.95. The number of amides is 1. The van der Waals surface area contributed by atoms with E-state index in [0.717, 1.165) is 29.1 Å². The molecule has 134 valence electrons. The Hall–Kier alpha value is -2.76. The molecule has 1 aromatic heterocycles. The van der Waals surface area contributed by atoms with Gasteiger partial charge < -0.3 is 19.7 Å². The van der Waals surface area contributed by atoms with Crippen LogP contribution in [0, 0.1) is 13.8 Å². The maximum absolute atomic E-state index is 12.3. The molecular weight excluding hydrogens is 320 g/mol. The number of benzene rings is 1. The minimum Gasteiger partial charge on any atom is -0.482 e. The molecule has 0 saturated carbocycles. The first-order chi connectivity index (χ1) is 11.9. The number of hydrogen-bond acceptors (Lipinski definition) is 3. The zero-order valence-corrected chi connectivity index (χ0v) is 14.8. The van der Waals surface area contributed by atoms with E-state index in [0.29, 0.717) is 18.7 Å². The van der Waals surface area contributed by atoms with E-state index in [1.165, 1.54) is 0 Å². The van der Waals surface area contributed by atoms with Crippen LogP contribution in [-0.2, 0) is 17.8 Å². The van der Waals surface area contributed by atoms with E-state index in [-0.39, 0.29) is 12.5 Å². The van der Waals surface area contributed by atoms with Gasteiger partial charge in [-0.3, -0.25) is 4.79 Å². The maximum atomic E-state index is 12.3. The molecule has 0 bridgehead atoms. The van der Waals surface area contributed by atoms with Gasteiger partial charge in [-0.15, -0.1) is 0 Å². The molecule has 2 aromatic rings. The van der Waals surface area contributed by atoms with E-state index in [1.807, 2.05) is 32.0 Å². The van der Waals surface area contributed by atoms with Gasteiger partial charge in [0.05, 0.1) is 5.56 Å². The molecule has 2 rings (SSSR count). The lowest BCUT2D eigenvalue weighted by Crippen LogP contribution is -2.26. The van der Waals surface area contributed by atoms with Crippen LogP contribution in [0.1, 0.15) is 34.2 Å². The Kier molecular flexibility index (Phi) is 6.22. The Morgan fingerprint density at radius 1 is 1.20 bits per heavy atom. The third-order valence-corrected chi connectivity index (χ3v) is 4.12. The zero-order valence-electron chi connectivity index (χ0n) is 14.8. The second-order valence-electron chi connectivity index (χ2n) is 5.86. The molecular formula is C19H24N2O4. The highest BCUT2D eigenvalue weighted by atomic mass is 16.5. The average Bonchev–Trinajstić information content (AvgIpc) is 2.88. The quantitative estimate of drug-likeness (QED) is 0.771. The SMILES string of the molecule is CCn1c(C)cc(C(=O)NCCc2ccc(OCC(=O)O)cc2)c1C. The van der Waals surface area contributed by atoms with Crippen molar-refractivity contribution in [2.24, 2.45) is 0 Å². The summed E-state index contributed by atoms with van der Waals surface area (Å²) >= 11 is 0. The van der Waals surface area contributed by atoms with Crippen molar-refractivity contribution in [2.75, 3.05) is 13.2 Å². The molecule has 1 amide bonds. The van der Waals surface area contributed by atoms with Crippen molar-refractivity contribution in [2.45, 2.75) is 33.7 Å². The lowest BCUT2D eigenvalue weighted by molar-refractivity contribution is -0.139. The number of carbonyl (C=O) groups excluding carboxylic acids is 1. The van der Waals surface area contributed by atoms with E-state index in [9.17, 15) is 9.59 Å². The number of aromatic nitrogens is 1. The smallest absolute Gasteiger partial charge is 0.341 e. The number of hydrogen-bond donors (Lipinski definition) is 2. The van der Waals surface area contributed by atoms with E-state index >= 15 is 0 Å². The average molecular weight is 344 g/mol. The summed E-state index contributed by atoms with van der Waals surface area (Å²) in [5, 5.41) is 11.5. The molecule has 0 radical (unpaired) electrons. The fourth-order valence-corrected chi connectivity index (χ4v) is 2.83. The predicted octanol–water partition coefficient (Wildman–Crippen LogP) is 2.56. The highest BCUT2D eigenvalue weighted by Crippen LogP contribution is 2.15. The van der Waals surface area contributed by atoms with Gasteiger partial charge in [0.1, 0.15) is 5.75 Å². The van der Waals surface area contributed by atoms with Gasteiger partial charge >= 0.3 is 5.97 Å². The molecule has 0 saturated heterocycles. The number of aryl methyl sites for hydroxylation is 1. The number of carbonyl (C=O) groups is 2. The van der Waals surface area contributed by atoms with Gasteiger partial charge in [0.2, 0.25) is 0 Å². The van der Waals surface area contributed by atoms with E-state index < -0.39 is 5.97 Å². The summed E-state index contributed by atoms with van der Waals surface area (Å²) in [7, 11) is 0. The van der Waals surface area contributed by atoms with Crippen LogP contribution in [-0.4, -0.2) is 34.7 Å². The van der Waals surface area contributed by atoms with Crippen molar-refractivity contribution in [3.63, 3.8) is 0 Å². The van der Waals surface area contributed by atoms with Gasteiger partial charge in [-0.05, 0) is 51.0 Å². The first kappa shape index (κ1) is 18.6. The van der Waals surface area contributed by atoms with Gasteiger partial charge in [-0.1, -0.05) is 12.1 Å². The summed E-state index contributed by atoms with van der Waals surface area (Å²) in [5.74, 6) is -0.550. The molecule has 1 aromatic carbocycles. The topological polar surface area (TPSA) is 80.6 Å².